The third-order valence-corrected chi connectivity index (χ3v) is 3.12. The van der Waals surface area contributed by atoms with Gasteiger partial charge in [0.05, 0.1) is 11.0 Å². The summed E-state index contributed by atoms with van der Waals surface area (Å²) in [5.41, 5.74) is 6.40. The van der Waals surface area contributed by atoms with Crippen LogP contribution in [0.25, 0.3) is 0 Å². The molecule has 0 radical (unpaired) electrons. The molecular formula is C13H12N4O3. The smallest absolute Gasteiger partial charge is 0.311 e. The number of anilines is 2. The first kappa shape index (κ1) is 12.2. The van der Waals surface area contributed by atoms with Crippen molar-refractivity contribution < 1.29 is 9.66 Å². The number of para-hydroxylation sites is 1. The topological polar surface area (TPSA) is 103 Å². The summed E-state index contributed by atoms with van der Waals surface area (Å²) in [4.78, 5) is 14.1. The van der Waals surface area contributed by atoms with Crippen LogP contribution in [-0.2, 0) is 0 Å². The van der Waals surface area contributed by atoms with E-state index in [2.05, 4.69) is 10.3 Å². The first-order valence-electron chi connectivity index (χ1n) is 6.04. The zero-order valence-electron chi connectivity index (χ0n) is 10.4. The maximum Gasteiger partial charge on any atom is 0.311 e. The number of aromatic nitrogens is 1. The van der Waals surface area contributed by atoms with Crippen LogP contribution in [0.4, 0.5) is 17.3 Å². The molecule has 0 amide bonds. The SMILES string of the molecule is Nc1nc(NC2COc3ccccc32)ccc1[N+](=O)[O-]. The number of pyridine rings is 1. The number of ether oxygens (including phenoxy) is 1. The molecule has 0 bridgehead atoms. The number of hydrogen-bond acceptors (Lipinski definition) is 6. The van der Waals surface area contributed by atoms with Gasteiger partial charge in [-0.25, -0.2) is 4.98 Å². The first-order chi connectivity index (χ1) is 9.65. The minimum absolute atomic E-state index is 0.0421. The molecule has 1 unspecified atom stereocenters. The molecule has 1 atom stereocenters. The number of fused-ring (bicyclic) bond motifs is 1. The van der Waals surface area contributed by atoms with Gasteiger partial charge in [0.1, 0.15) is 18.2 Å². The van der Waals surface area contributed by atoms with E-state index in [1.807, 2.05) is 24.3 Å². The van der Waals surface area contributed by atoms with Gasteiger partial charge in [-0.15, -0.1) is 0 Å². The number of nitrogen functional groups attached to an aromatic ring is 1. The van der Waals surface area contributed by atoms with E-state index in [1.165, 1.54) is 12.1 Å². The van der Waals surface area contributed by atoms with Crippen LogP contribution in [0, 0.1) is 10.1 Å². The lowest BCUT2D eigenvalue weighted by Gasteiger charge is -2.12. The largest absolute Gasteiger partial charge is 0.491 e. The second-order valence-corrected chi connectivity index (χ2v) is 4.40. The van der Waals surface area contributed by atoms with Crippen LogP contribution >= 0.6 is 0 Å². The molecule has 1 aromatic carbocycles. The van der Waals surface area contributed by atoms with Crippen LogP contribution in [0.2, 0.25) is 0 Å². The lowest BCUT2D eigenvalue weighted by Crippen LogP contribution is -2.13. The van der Waals surface area contributed by atoms with Crippen molar-refractivity contribution in [3.05, 3.63) is 52.1 Å². The fourth-order valence-corrected chi connectivity index (χ4v) is 2.16. The molecule has 1 aliphatic heterocycles. The molecule has 3 N–H and O–H groups in total. The predicted molar refractivity (Wildman–Crippen MR) is 73.6 cm³/mol. The van der Waals surface area contributed by atoms with E-state index in [1.54, 1.807) is 0 Å². The molecule has 0 saturated heterocycles. The van der Waals surface area contributed by atoms with Gasteiger partial charge in [-0.1, -0.05) is 18.2 Å². The monoisotopic (exact) mass is 272 g/mol. The summed E-state index contributed by atoms with van der Waals surface area (Å²) in [7, 11) is 0. The van der Waals surface area contributed by atoms with Crippen molar-refractivity contribution in [2.75, 3.05) is 17.7 Å². The predicted octanol–water partition coefficient (Wildman–Crippen LogP) is 2.12. The van der Waals surface area contributed by atoms with Crippen LogP contribution in [-0.4, -0.2) is 16.5 Å². The average Bonchev–Trinajstić information content (AvgIpc) is 2.82. The molecular weight excluding hydrogens is 260 g/mol. The van der Waals surface area contributed by atoms with Crippen molar-refractivity contribution in [2.24, 2.45) is 0 Å². The van der Waals surface area contributed by atoms with Crippen LogP contribution in [0.5, 0.6) is 5.75 Å². The molecule has 7 heteroatoms. The summed E-state index contributed by atoms with van der Waals surface area (Å²) in [6.07, 6.45) is 0. The second-order valence-electron chi connectivity index (χ2n) is 4.40. The molecule has 0 aliphatic carbocycles. The fourth-order valence-electron chi connectivity index (χ4n) is 2.16. The summed E-state index contributed by atoms with van der Waals surface area (Å²) >= 11 is 0. The van der Waals surface area contributed by atoms with Crippen molar-refractivity contribution in [3.8, 4) is 5.75 Å². The molecule has 0 spiro atoms. The molecule has 0 fully saturated rings. The number of rotatable bonds is 3. The third-order valence-electron chi connectivity index (χ3n) is 3.12. The van der Waals surface area contributed by atoms with Gasteiger partial charge in [-0.3, -0.25) is 10.1 Å². The Labute approximate surface area is 114 Å². The van der Waals surface area contributed by atoms with Gasteiger partial charge in [0.15, 0.2) is 0 Å². The Balaban J connectivity index is 1.83. The molecule has 1 aliphatic rings. The molecule has 20 heavy (non-hydrogen) atoms. The standard InChI is InChI=1S/C13H12N4O3/c14-13-10(17(18)19)5-6-12(16-13)15-9-7-20-11-4-2-1-3-8(9)11/h1-6,9H,7H2,(H3,14,15,16). The highest BCUT2D eigenvalue weighted by Crippen LogP contribution is 2.34. The van der Waals surface area contributed by atoms with E-state index in [0.29, 0.717) is 12.4 Å². The van der Waals surface area contributed by atoms with Crippen molar-refractivity contribution in [3.63, 3.8) is 0 Å². The van der Waals surface area contributed by atoms with Gasteiger partial charge < -0.3 is 15.8 Å². The van der Waals surface area contributed by atoms with Crippen molar-refractivity contribution in [2.45, 2.75) is 6.04 Å². The van der Waals surface area contributed by atoms with E-state index < -0.39 is 4.92 Å². The fraction of sp³-hybridized carbons (Fsp3) is 0.154. The van der Waals surface area contributed by atoms with Crippen LogP contribution < -0.4 is 15.8 Å². The number of benzene rings is 1. The molecule has 0 saturated carbocycles. The van der Waals surface area contributed by atoms with Gasteiger partial charge in [-0.2, -0.15) is 0 Å². The average molecular weight is 272 g/mol. The highest BCUT2D eigenvalue weighted by atomic mass is 16.6. The van der Waals surface area contributed by atoms with Gasteiger partial charge in [-0.05, 0) is 12.1 Å². The van der Waals surface area contributed by atoms with Gasteiger partial charge in [0.25, 0.3) is 0 Å². The van der Waals surface area contributed by atoms with E-state index in [-0.39, 0.29) is 17.5 Å². The van der Waals surface area contributed by atoms with E-state index in [9.17, 15) is 10.1 Å². The number of nitrogens with zero attached hydrogens (tertiary/aromatic N) is 2. The van der Waals surface area contributed by atoms with E-state index >= 15 is 0 Å². The van der Waals surface area contributed by atoms with Crippen molar-refractivity contribution in [1.29, 1.82) is 0 Å². The molecule has 102 valence electrons. The van der Waals surface area contributed by atoms with Crippen LogP contribution in [0.1, 0.15) is 11.6 Å². The van der Waals surface area contributed by atoms with Gasteiger partial charge >= 0.3 is 5.69 Å². The highest BCUT2D eigenvalue weighted by Gasteiger charge is 2.24. The van der Waals surface area contributed by atoms with Crippen molar-refractivity contribution in [1.82, 2.24) is 4.98 Å². The summed E-state index contributed by atoms with van der Waals surface area (Å²) in [5.74, 6) is 1.21. The molecule has 3 rings (SSSR count). The number of nitrogens with one attached hydrogen (secondary N) is 1. The zero-order chi connectivity index (χ0) is 14.1. The maximum absolute atomic E-state index is 10.7. The Kier molecular flexibility index (Phi) is 2.86. The lowest BCUT2D eigenvalue weighted by molar-refractivity contribution is -0.384. The van der Waals surface area contributed by atoms with Gasteiger partial charge in [0.2, 0.25) is 5.82 Å². The number of nitrogens with two attached hydrogens (primary N) is 1. The van der Waals surface area contributed by atoms with Crippen LogP contribution in [0.3, 0.4) is 0 Å². The Morgan fingerprint density at radius 1 is 1.35 bits per heavy atom. The second kappa shape index (κ2) is 4.69. The molecule has 1 aromatic heterocycles. The Bertz CT molecular complexity index is 674. The lowest BCUT2D eigenvalue weighted by atomic mass is 10.1. The minimum Gasteiger partial charge on any atom is -0.491 e. The van der Waals surface area contributed by atoms with Gasteiger partial charge in [0, 0.05) is 11.6 Å². The summed E-state index contributed by atoms with van der Waals surface area (Å²) in [6, 6.07) is 10.5. The molecule has 2 aromatic rings. The minimum atomic E-state index is -0.555. The number of hydrogen-bond donors (Lipinski definition) is 2. The summed E-state index contributed by atoms with van der Waals surface area (Å²) in [5, 5.41) is 13.9. The molecule has 7 nitrogen and oxygen atoms in total. The number of nitro groups is 1. The third kappa shape index (κ3) is 2.09. The summed E-state index contributed by atoms with van der Waals surface area (Å²) in [6.45, 7) is 0.484. The maximum atomic E-state index is 10.7. The first-order valence-corrected chi connectivity index (χ1v) is 6.04. The normalized spacial score (nSPS) is 16.3. The van der Waals surface area contributed by atoms with E-state index in [0.717, 1.165) is 11.3 Å². The van der Waals surface area contributed by atoms with Crippen molar-refractivity contribution >= 4 is 17.3 Å². The Morgan fingerprint density at radius 3 is 2.90 bits per heavy atom. The Hall–Kier alpha value is -2.83. The van der Waals surface area contributed by atoms with Crippen LogP contribution in [0.15, 0.2) is 36.4 Å². The zero-order valence-corrected chi connectivity index (χ0v) is 10.4. The quantitative estimate of drug-likeness (QED) is 0.655. The summed E-state index contributed by atoms with van der Waals surface area (Å²) < 4.78 is 5.55. The highest BCUT2D eigenvalue weighted by molar-refractivity contribution is 5.58. The Morgan fingerprint density at radius 2 is 2.15 bits per heavy atom. The molecule has 2 heterocycles. The van der Waals surface area contributed by atoms with E-state index in [4.69, 9.17) is 10.5 Å².